The van der Waals surface area contributed by atoms with Gasteiger partial charge in [0.2, 0.25) is 0 Å². The van der Waals surface area contributed by atoms with Gasteiger partial charge in [-0.25, -0.2) is 0 Å². The Morgan fingerprint density at radius 1 is 1.28 bits per heavy atom. The lowest BCUT2D eigenvalue weighted by atomic mass is 9.79. The Bertz CT molecular complexity index is 410. The van der Waals surface area contributed by atoms with Crippen LogP contribution < -0.4 is 10.1 Å². The Labute approximate surface area is 111 Å². The van der Waals surface area contributed by atoms with Crippen LogP contribution in [0.25, 0.3) is 0 Å². The summed E-state index contributed by atoms with van der Waals surface area (Å²) in [5, 5.41) is 3.48. The number of hydrogen-bond donors (Lipinski definition) is 1. The molecule has 0 aliphatic heterocycles. The first-order chi connectivity index (χ1) is 8.65. The molecular weight excluding hydrogens is 222 g/mol. The molecule has 1 unspecified atom stereocenters. The van der Waals surface area contributed by atoms with Crippen LogP contribution in [-0.2, 0) is 0 Å². The summed E-state index contributed by atoms with van der Waals surface area (Å²) in [6.45, 7) is 4.31. The van der Waals surface area contributed by atoms with Crippen LogP contribution in [0.2, 0.25) is 0 Å². The highest BCUT2D eigenvalue weighted by Crippen LogP contribution is 2.36. The van der Waals surface area contributed by atoms with Crippen molar-refractivity contribution < 1.29 is 4.74 Å². The molecule has 0 radical (unpaired) electrons. The fourth-order valence-electron chi connectivity index (χ4n) is 2.87. The molecule has 2 heteroatoms. The van der Waals surface area contributed by atoms with E-state index in [1.165, 1.54) is 42.4 Å². The van der Waals surface area contributed by atoms with Crippen molar-refractivity contribution in [2.45, 2.75) is 45.6 Å². The van der Waals surface area contributed by atoms with Gasteiger partial charge in [0.25, 0.3) is 0 Å². The van der Waals surface area contributed by atoms with E-state index in [1.807, 2.05) is 0 Å². The highest BCUT2D eigenvalue weighted by atomic mass is 16.5. The van der Waals surface area contributed by atoms with Crippen molar-refractivity contribution in [1.29, 1.82) is 0 Å². The molecule has 0 saturated heterocycles. The minimum Gasteiger partial charge on any atom is -0.496 e. The van der Waals surface area contributed by atoms with Crippen LogP contribution in [0, 0.1) is 19.8 Å². The molecule has 0 heterocycles. The molecule has 1 N–H and O–H groups in total. The second-order valence-electron chi connectivity index (χ2n) is 5.55. The van der Waals surface area contributed by atoms with Gasteiger partial charge < -0.3 is 10.1 Å². The monoisotopic (exact) mass is 247 g/mol. The third-order valence-corrected chi connectivity index (χ3v) is 4.30. The van der Waals surface area contributed by atoms with E-state index >= 15 is 0 Å². The topological polar surface area (TPSA) is 21.3 Å². The van der Waals surface area contributed by atoms with E-state index in [9.17, 15) is 0 Å². The van der Waals surface area contributed by atoms with E-state index < -0.39 is 0 Å². The molecule has 1 aromatic rings. The lowest BCUT2D eigenvalue weighted by molar-refractivity contribution is 0.265. The van der Waals surface area contributed by atoms with Crippen molar-refractivity contribution in [3.8, 4) is 5.75 Å². The van der Waals surface area contributed by atoms with Crippen LogP contribution in [0.5, 0.6) is 5.75 Å². The lowest BCUT2D eigenvalue weighted by Crippen LogP contribution is -2.24. The molecule has 1 atom stereocenters. The molecule has 1 fully saturated rings. The maximum absolute atomic E-state index is 5.39. The number of benzene rings is 1. The van der Waals surface area contributed by atoms with E-state index in [4.69, 9.17) is 4.74 Å². The standard InChI is InChI=1S/C16H25NO/c1-11-9-16(18-4)12(2)8-14(11)15(17-3)10-13-6-5-7-13/h8-9,13,15,17H,5-7,10H2,1-4H3. The first-order valence-electron chi connectivity index (χ1n) is 6.98. The van der Waals surface area contributed by atoms with Gasteiger partial charge in [0, 0.05) is 6.04 Å². The van der Waals surface area contributed by atoms with Gasteiger partial charge >= 0.3 is 0 Å². The zero-order valence-corrected chi connectivity index (χ0v) is 12.0. The highest BCUT2D eigenvalue weighted by molar-refractivity contribution is 5.42. The van der Waals surface area contributed by atoms with Crippen LogP contribution in [0.15, 0.2) is 12.1 Å². The normalized spacial score (nSPS) is 17.3. The predicted octanol–water partition coefficient (Wildman–Crippen LogP) is 3.76. The largest absolute Gasteiger partial charge is 0.496 e. The summed E-state index contributed by atoms with van der Waals surface area (Å²) in [5.74, 6) is 1.92. The smallest absolute Gasteiger partial charge is 0.122 e. The molecule has 0 spiro atoms. The number of hydrogen-bond acceptors (Lipinski definition) is 2. The van der Waals surface area contributed by atoms with Gasteiger partial charge in [0.15, 0.2) is 0 Å². The van der Waals surface area contributed by atoms with Crippen molar-refractivity contribution in [3.05, 3.63) is 28.8 Å². The Kier molecular flexibility index (Phi) is 4.28. The van der Waals surface area contributed by atoms with E-state index in [1.54, 1.807) is 7.11 Å². The molecular formula is C16H25NO. The SMILES string of the molecule is CNC(CC1CCC1)c1cc(C)c(OC)cc1C. The number of nitrogens with one attached hydrogen (secondary N) is 1. The van der Waals surface area contributed by atoms with Crippen molar-refractivity contribution >= 4 is 0 Å². The van der Waals surface area contributed by atoms with E-state index in [0.717, 1.165) is 11.7 Å². The summed E-state index contributed by atoms with van der Waals surface area (Å²) in [6.07, 6.45) is 5.50. The van der Waals surface area contributed by atoms with Gasteiger partial charge in [-0.2, -0.15) is 0 Å². The zero-order valence-electron chi connectivity index (χ0n) is 12.0. The third kappa shape index (κ3) is 2.69. The van der Waals surface area contributed by atoms with E-state index in [-0.39, 0.29) is 0 Å². The fourth-order valence-corrected chi connectivity index (χ4v) is 2.87. The van der Waals surface area contributed by atoms with Crippen LogP contribution in [0.4, 0.5) is 0 Å². The first-order valence-corrected chi connectivity index (χ1v) is 6.98. The fraction of sp³-hybridized carbons (Fsp3) is 0.625. The summed E-state index contributed by atoms with van der Waals surface area (Å²) in [7, 11) is 3.81. The van der Waals surface area contributed by atoms with Gasteiger partial charge in [-0.1, -0.05) is 25.3 Å². The Morgan fingerprint density at radius 3 is 2.50 bits per heavy atom. The van der Waals surface area contributed by atoms with E-state index in [2.05, 4.69) is 38.3 Å². The minimum absolute atomic E-state index is 0.486. The van der Waals surface area contributed by atoms with Gasteiger partial charge in [-0.15, -0.1) is 0 Å². The number of methoxy groups -OCH3 is 1. The number of aryl methyl sites for hydroxylation is 2. The highest BCUT2D eigenvalue weighted by Gasteiger charge is 2.23. The number of ether oxygens (including phenoxy) is 1. The summed E-state index contributed by atoms with van der Waals surface area (Å²) in [4.78, 5) is 0. The quantitative estimate of drug-likeness (QED) is 0.855. The van der Waals surface area contributed by atoms with Crippen LogP contribution in [0.3, 0.4) is 0 Å². The molecule has 2 rings (SSSR count). The maximum atomic E-state index is 5.39. The lowest BCUT2D eigenvalue weighted by Gasteiger charge is -2.30. The molecule has 18 heavy (non-hydrogen) atoms. The van der Waals surface area contributed by atoms with Gasteiger partial charge in [0.05, 0.1) is 7.11 Å². The molecule has 2 nitrogen and oxygen atoms in total. The van der Waals surface area contributed by atoms with Crippen LogP contribution in [-0.4, -0.2) is 14.2 Å². The summed E-state index contributed by atoms with van der Waals surface area (Å²) in [6, 6.07) is 4.93. The minimum atomic E-state index is 0.486. The average Bonchev–Trinajstić information content (AvgIpc) is 2.31. The summed E-state index contributed by atoms with van der Waals surface area (Å²) in [5.41, 5.74) is 3.99. The van der Waals surface area contributed by atoms with Crippen molar-refractivity contribution in [2.75, 3.05) is 14.2 Å². The predicted molar refractivity (Wildman–Crippen MR) is 76.2 cm³/mol. The molecule has 1 aliphatic rings. The Morgan fingerprint density at radius 2 is 2.00 bits per heavy atom. The maximum Gasteiger partial charge on any atom is 0.122 e. The van der Waals surface area contributed by atoms with E-state index in [0.29, 0.717) is 6.04 Å². The Balaban J connectivity index is 2.21. The molecule has 0 amide bonds. The number of rotatable bonds is 5. The molecule has 1 aliphatic carbocycles. The molecule has 1 aromatic carbocycles. The van der Waals surface area contributed by atoms with Gasteiger partial charge in [-0.05, 0) is 56.0 Å². The third-order valence-electron chi connectivity index (χ3n) is 4.30. The van der Waals surface area contributed by atoms with Gasteiger partial charge in [0.1, 0.15) is 5.75 Å². The second kappa shape index (κ2) is 5.75. The van der Waals surface area contributed by atoms with Crippen LogP contribution in [0.1, 0.15) is 48.4 Å². The molecule has 1 saturated carbocycles. The zero-order chi connectivity index (χ0) is 13.1. The van der Waals surface area contributed by atoms with Crippen molar-refractivity contribution in [2.24, 2.45) is 5.92 Å². The van der Waals surface area contributed by atoms with Crippen molar-refractivity contribution in [3.63, 3.8) is 0 Å². The van der Waals surface area contributed by atoms with Crippen LogP contribution >= 0.6 is 0 Å². The molecule has 100 valence electrons. The molecule has 0 bridgehead atoms. The average molecular weight is 247 g/mol. The second-order valence-corrected chi connectivity index (χ2v) is 5.55. The Hall–Kier alpha value is -1.02. The van der Waals surface area contributed by atoms with Gasteiger partial charge in [-0.3, -0.25) is 0 Å². The summed E-state index contributed by atoms with van der Waals surface area (Å²) < 4.78 is 5.39. The molecule has 0 aromatic heterocycles. The van der Waals surface area contributed by atoms with Crippen molar-refractivity contribution in [1.82, 2.24) is 5.32 Å². The first kappa shape index (κ1) is 13.4. The summed E-state index contributed by atoms with van der Waals surface area (Å²) >= 11 is 0.